The summed E-state index contributed by atoms with van der Waals surface area (Å²) in [5.41, 5.74) is 2.12. The zero-order valence-electron chi connectivity index (χ0n) is 8.00. The molecule has 72 valence electrons. The summed E-state index contributed by atoms with van der Waals surface area (Å²) in [4.78, 5) is 3.00. The van der Waals surface area contributed by atoms with E-state index in [0.29, 0.717) is 0 Å². The van der Waals surface area contributed by atoms with Gasteiger partial charge in [-0.05, 0) is 17.7 Å². The number of aryl methyl sites for hydroxylation is 1. The molecule has 2 rings (SSSR count). The normalized spacial score (nSPS) is 10.4. The summed E-state index contributed by atoms with van der Waals surface area (Å²) in [7, 11) is 1.96. The average molecular weight is 191 g/mol. The molecule has 1 aromatic carbocycles. The standard InChI is InChI=1S/C11H11FN2/c1-14-8-13-7-11(14)6-9-3-2-4-10(12)5-9/h2-5,7-8H,6H2,1H3/p+1. The van der Waals surface area contributed by atoms with E-state index in [2.05, 4.69) is 4.98 Å². The fraction of sp³-hybridized carbons (Fsp3) is 0.182. The summed E-state index contributed by atoms with van der Waals surface area (Å²) < 4.78 is 14.9. The van der Waals surface area contributed by atoms with Crippen LogP contribution in [0.25, 0.3) is 0 Å². The largest absolute Gasteiger partial charge is 0.250 e. The molecule has 2 nitrogen and oxygen atoms in total. The summed E-state index contributed by atoms with van der Waals surface area (Å²) in [6.07, 6.45) is 4.54. The van der Waals surface area contributed by atoms with Crippen molar-refractivity contribution in [1.29, 1.82) is 0 Å². The molecule has 0 aliphatic carbocycles. The first-order valence-electron chi connectivity index (χ1n) is 4.51. The zero-order valence-corrected chi connectivity index (χ0v) is 8.00. The van der Waals surface area contributed by atoms with Crippen LogP contribution in [0.15, 0.2) is 36.8 Å². The van der Waals surface area contributed by atoms with Gasteiger partial charge in [0, 0.05) is 6.42 Å². The lowest BCUT2D eigenvalue weighted by Gasteiger charge is -1.98. The second kappa shape index (κ2) is 3.62. The minimum atomic E-state index is -0.180. The van der Waals surface area contributed by atoms with Crippen molar-refractivity contribution in [3.63, 3.8) is 0 Å². The highest BCUT2D eigenvalue weighted by atomic mass is 19.1. The van der Waals surface area contributed by atoms with Crippen LogP contribution < -0.4 is 4.57 Å². The number of benzene rings is 1. The van der Waals surface area contributed by atoms with E-state index in [1.165, 1.54) is 6.07 Å². The molecular weight excluding hydrogens is 179 g/mol. The van der Waals surface area contributed by atoms with Gasteiger partial charge in [0.1, 0.15) is 17.7 Å². The Hall–Kier alpha value is -1.64. The van der Waals surface area contributed by atoms with Crippen molar-refractivity contribution in [1.82, 2.24) is 4.98 Å². The number of hydrogen-bond donors (Lipinski definition) is 1. The number of nitrogens with one attached hydrogen (secondary N) is 1. The van der Waals surface area contributed by atoms with Crippen LogP contribution in [0.3, 0.4) is 0 Å². The van der Waals surface area contributed by atoms with Gasteiger partial charge in [-0.3, -0.25) is 0 Å². The van der Waals surface area contributed by atoms with Crippen LogP contribution in [-0.2, 0) is 13.5 Å². The number of aromatic nitrogens is 2. The van der Waals surface area contributed by atoms with E-state index >= 15 is 0 Å². The van der Waals surface area contributed by atoms with E-state index in [4.69, 9.17) is 0 Å². The fourth-order valence-corrected chi connectivity index (χ4v) is 1.46. The van der Waals surface area contributed by atoms with Crippen molar-refractivity contribution in [3.05, 3.63) is 53.9 Å². The van der Waals surface area contributed by atoms with Gasteiger partial charge in [-0.25, -0.2) is 13.9 Å². The quantitative estimate of drug-likeness (QED) is 0.695. The molecule has 0 spiro atoms. The van der Waals surface area contributed by atoms with Gasteiger partial charge >= 0.3 is 0 Å². The Kier molecular flexibility index (Phi) is 2.31. The Morgan fingerprint density at radius 3 is 2.93 bits per heavy atom. The van der Waals surface area contributed by atoms with Crippen LogP contribution >= 0.6 is 0 Å². The first-order chi connectivity index (χ1) is 6.75. The molecule has 0 fully saturated rings. The fourth-order valence-electron chi connectivity index (χ4n) is 1.46. The average Bonchev–Trinajstić information content (AvgIpc) is 2.52. The van der Waals surface area contributed by atoms with Gasteiger partial charge in [-0.15, -0.1) is 0 Å². The lowest BCUT2D eigenvalue weighted by Crippen LogP contribution is -2.29. The van der Waals surface area contributed by atoms with Gasteiger partial charge in [0.2, 0.25) is 6.33 Å². The first kappa shape index (κ1) is 8.94. The molecule has 3 heteroatoms. The molecule has 2 aromatic rings. The maximum atomic E-state index is 12.9. The third kappa shape index (κ3) is 1.82. The highest BCUT2D eigenvalue weighted by Crippen LogP contribution is 2.07. The molecule has 0 aliphatic rings. The predicted octanol–water partition coefficient (Wildman–Crippen LogP) is 1.57. The molecule has 0 radical (unpaired) electrons. The Labute approximate surface area is 82.0 Å². The second-order valence-corrected chi connectivity index (χ2v) is 3.35. The number of imidazole rings is 1. The van der Waals surface area contributed by atoms with E-state index in [1.54, 1.807) is 12.1 Å². The van der Waals surface area contributed by atoms with Crippen LogP contribution in [0.4, 0.5) is 4.39 Å². The molecule has 0 saturated heterocycles. The van der Waals surface area contributed by atoms with Crippen LogP contribution in [0, 0.1) is 5.82 Å². The van der Waals surface area contributed by atoms with Crippen LogP contribution in [0.1, 0.15) is 11.3 Å². The highest BCUT2D eigenvalue weighted by Gasteiger charge is 2.05. The number of aromatic amines is 1. The Morgan fingerprint density at radius 2 is 2.29 bits per heavy atom. The third-order valence-electron chi connectivity index (χ3n) is 2.25. The smallest absolute Gasteiger partial charge is 0.241 e. The lowest BCUT2D eigenvalue weighted by atomic mass is 10.1. The van der Waals surface area contributed by atoms with Gasteiger partial charge in [-0.1, -0.05) is 12.1 Å². The van der Waals surface area contributed by atoms with Gasteiger partial charge in [0.15, 0.2) is 0 Å². The summed E-state index contributed by atoms with van der Waals surface area (Å²) in [5.74, 6) is -0.180. The molecule has 0 aliphatic heterocycles. The molecule has 0 atom stereocenters. The monoisotopic (exact) mass is 191 g/mol. The minimum Gasteiger partial charge on any atom is -0.250 e. The van der Waals surface area contributed by atoms with Gasteiger partial charge in [0.05, 0.1) is 7.05 Å². The number of hydrogen-bond acceptors (Lipinski definition) is 0. The lowest BCUT2D eigenvalue weighted by molar-refractivity contribution is -0.677. The molecule has 14 heavy (non-hydrogen) atoms. The molecule has 0 bridgehead atoms. The van der Waals surface area contributed by atoms with Crippen LogP contribution in [0.2, 0.25) is 0 Å². The molecule has 0 unspecified atom stereocenters. The van der Waals surface area contributed by atoms with Gasteiger partial charge in [0.25, 0.3) is 0 Å². The number of nitrogens with zero attached hydrogens (tertiary/aromatic N) is 1. The van der Waals surface area contributed by atoms with Crippen molar-refractivity contribution in [3.8, 4) is 0 Å². The SMILES string of the molecule is C[n+]1c[nH]cc1Cc1cccc(F)c1. The van der Waals surface area contributed by atoms with Gasteiger partial charge < -0.3 is 0 Å². The van der Waals surface area contributed by atoms with E-state index in [-0.39, 0.29) is 5.82 Å². The maximum absolute atomic E-state index is 12.9. The van der Waals surface area contributed by atoms with Gasteiger partial charge in [-0.2, -0.15) is 0 Å². The van der Waals surface area contributed by atoms with Crippen molar-refractivity contribution in [2.45, 2.75) is 6.42 Å². The predicted molar refractivity (Wildman–Crippen MR) is 51.2 cm³/mol. The van der Waals surface area contributed by atoms with Crippen molar-refractivity contribution >= 4 is 0 Å². The maximum Gasteiger partial charge on any atom is 0.241 e. The zero-order chi connectivity index (χ0) is 9.97. The number of H-pyrrole nitrogens is 1. The molecule has 0 amide bonds. The van der Waals surface area contributed by atoms with Crippen LogP contribution in [-0.4, -0.2) is 4.98 Å². The Morgan fingerprint density at radius 1 is 1.43 bits per heavy atom. The van der Waals surface area contributed by atoms with E-state index in [9.17, 15) is 4.39 Å². The second-order valence-electron chi connectivity index (χ2n) is 3.35. The highest BCUT2D eigenvalue weighted by molar-refractivity contribution is 5.19. The summed E-state index contributed by atoms with van der Waals surface area (Å²) >= 11 is 0. The number of rotatable bonds is 2. The summed E-state index contributed by atoms with van der Waals surface area (Å²) in [6.45, 7) is 0. The Bertz CT molecular complexity index is 434. The summed E-state index contributed by atoms with van der Waals surface area (Å²) in [5, 5.41) is 0. The molecule has 0 saturated carbocycles. The van der Waals surface area contributed by atoms with Crippen molar-refractivity contribution in [2.75, 3.05) is 0 Å². The first-order valence-corrected chi connectivity index (χ1v) is 4.51. The van der Waals surface area contributed by atoms with E-state index < -0.39 is 0 Å². The van der Waals surface area contributed by atoms with Crippen LogP contribution in [0.5, 0.6) is 0 Å². The van der Waals surface area contributed by atoms with Crippen molar-refractivity contribution in [2.24, 2.45) is 7.05 Å². The molecule has 1 heterocycles. The third-order valence-corrected chi connectivity index (χ3v) is 2.25. The molecule has 1 aromatic heterocycles. The minimum absolute atomic E-state index is 0.180. The molecular formula is C11H12FN2+. The topological polar surface area (TPSA) is 19.7 Å². The van der Waals surface area contributed by atoms with E-state index in [0.717, 1.165) is 17.7 Å². The molecule has 1 N–H and O–H groups in total. The Balaban J connectivity index is 2.23. The van der Waals surface area contributed by atoms with E-state index in [1.807, 2.05) is 30.2 Å². The van der Waals surface area contributed by atoms with Crippen molar-refractivity contribution < 1.29 is 8.96 Å². The number of halogens is 1. The summed E-state index contributed by atoms with van der Waals surface area (Å²) in [6, 6.07) is 6.68.